The summed E-state index contributed by atoms with van der Waals surface area (Å²) in [7, 11) is 1.85. The third-order valence-electron chi connectivity index (χ3n) is 1.52. The minimum absolute atomic E-state index is 1.12. The third-order valence-corrected chi connectivity index (χ3v) is 4.34. The molecule has 0 fully saturated rings. The summed E-state index contributed by atoms with van der Waals surface area (Å²) in [5.74, 6) is 0. The van der Waals surface area contributed by atoms with E-state index in [4.69, 9.17) is 0 Å². The van der Waals surface area contributed by atoms with Crippen LogP contribution >= 0.6 is 8.79 Å². The van der Waals surface area contributed by atoms with Gasteiger partial charge in [-0.05, 0) is 0 Å². The average molecular weight is 168 g/mol. The van der Waals surface area contributed by atoms with E-state index in [1.165, 1.54) is 5.19 Å². The highest BCUT2D eigenvalue weighted by atomic mass is 31.3. The number of hydrogen-bond acceptors (Lipinski definition) is 0. The van der Waals surface area contributed by atoms with Crippen molar-refractivity contribution in [3.63, 3.8) is 0 Å². The summed E-state index contributed by atoms with van der Waals surface area (Å²) in [6.45, 7) is 4.65. The molecule has 54 valence electrons. The van der Waals surface area contributed by atoms with Crippen LogP contribution in [0.15, 0.2) is 30.3 Å². The van der Waals surface area contributed by atoms with Crippen LogP contribution in [-0.4, -0.2) is 7.74 Å². The lowest BCUT2D eigenvalue weighted by atomic mass is 10.4. The summed E-state index contributed by atoms with van der Waals surface area (Å²) in [4.78, 5) is 0. The Bertz CT molecular complexity index is 200. The van der Waals surface area contributed by atoms with E-state index in [1.807, 2.05) is 0 Å². The monoisotopic (exact) mass is 168 g/mol. The molecule has 0 saturated heterocycles. The lowest BCUT2D eigenvalue weighted by molar-refractivity contribution is 1.74. The Balaban J connectivity index is 2.97. The maximum Gasteiger partial charge on any atom is 0.100 e. The van der Waals surface area contributed by atoms with E-state index in [0.29, 0.717) is 0 Å². The van der Waals surface area contributed by atoms with Crippen LogP contribution in [0.2, 0.25) is 13.1 Å². The molecular weight excluding hydrogens is 155 g/mol. The highest BCUT2D eigenvalue weighted by molar-refractivity contribution is 7.71. The van der Waals surface area contributed by atoms with E-state index >= 15 is 0 Å². The molecule has 0 nitrogen and oxygen atoms in total. The first-order valence-corrected chi connectivity index (χ1v) is 8.26. The maximum absolute atomic E-state index is 2.97. The minimum atomic E-state index is -1.12. The van der Waals surface area contributed by atoms with Crippen LogP contribution < -0.4 is 5.19 Å². The molecule has 0 aromatic heterocycles. The van der Waals surface area contributed by atoms with Gasteiger partial charge in [-0.25, -0.2) is 0 Å². The van der Waals surface area contributed by atoms with Gasteiger partial charge in [-0.15, -0.1) is 8.79 Å². The van der Waals surface area contributed by atoms with Gasteiger partial charge in [0.2, 0.25) is 0 Å². The summed E-state index contributed by atoms with van der Waals surface area (Å²) in [5.41, 5.74) is 0. The van der Waals surface area contributed by atoms with Gasteiger partial charge in [-0.2, -0.15) is 0 Å². The third kappa shape index (κ3) is 1.93. The molecule has 0 aliphatic heterocycles. The molecule has 1 unspecified atom stereocenters. The van der Waals surface area contributed by atoms with Crippen molar-refractivity contribution in [2.45, 2.75) is 13.1 Å². The Labute approximate surface area is 65.7 Å². The SMILES string of the molecule is C[Si](C)(P)c1ccccc1. The van der Waals surface area contributed by atoms with Gasteiger partial charge < -0.3 is 0 Å². The summed E-state index contributed by atoms with van der Waals surface area (Å²) >= 11 is 0. The quantitative estimate of drug-likeness (QED) is 0.444. The lowest BCUT2D eigenvalue weighted by Crippen LogP contribution is -2.33. The van der Waals surface area contributed by atoms with Gasteiger partial charge in [-0.1, -0.05) is 48.6 Å². The molecule has 0 heterocycles. The van der Waals surface area contributed by atoms with E-state index in [9.17, 15) is 0 Å². The van der Waals surface area contributed by atoms with Gasteiger partial charge in [-0.3, -0.25) is 0 Å². The zero-order valence-corrected chi connectivity index (χ0v) is 8.62. The fourth-order valence-corrected chi connectivity index (χ4v) is 2.50. The van der Waals surface area contributed by atoms with Crippen LogP contribution in [0.25, 0.3) is 0 Å². The van der Waals surface area contributed by atoms with Gasteiger partial charge in [0.15, 0.2) is 0 Å². The number of rotatable bonds is 1. The second-order valence-electron chi connectivity index (χ2n) is 3.09. The summed E-state index contributed by atoms with van der Waals surface area (Å²) < 4.78 is 0. The molecule has 0 bridgehead atoms. The second-order valence-corrected chi connectivity index (χ2v) is 11.4. The molecule has 0 saturated carbocycles. The molecule has 0 spiro atoms. The second kappa shape index (κ2) is 2.85. The van der Waals surface area contributed by atoms with Gasteiger partial charge in [0, 0.05) is 0 Å². The Morgan fingerprint density at radius 1 is 1.10 bits per heavy atom. The summed E-state index contributed by atoms with van der Waals surface area (Å²) in [5, 5.41) is 1.50. The topological polar surface area (TPSA) is 0 Å². The van der Waals surface area contributed by atoms with Crippen molar-refractivity contribution in [3.8, 4) is 0 Å². The Morgan fingerprint density at radius 2 is 1.60 bits per heavy atom. The first-order chi connectivity index (χ1) is 4.61. The van der Waals surface area contributed by atoms with Crippen molar-refractivity contribution in [2.75, 3.05) is 0 Å². The number of benzene rings is 1. The first-order valence-electron chi connectivity index (χ1n) is 3.45. The molecule has 2 heteroatoms. The molecule has 1 atom stereocenters. The molecular formula is C8H13PSi. The van der Waals surface area contributed by atoms with Crippen LogP contribution in [0.4, 0.5) is 0 Å². The molecule has 1 rings (SSSR count). The normalized spacial score (nSPS) is 11.5. The largest absolute Gasteiger partial charge is 0.144 e. The molecule has 0 amide bonds. The molecule has 0 N–H and O–H groups in total. The van der Waals surface area contributed by atoms with E-state index in [-0.39, 0.29) is 0 Å². The summed E-state index contributed by atoms with van der Waals surface area (Å²) in [6.07, 6.45) is 0. The van der Waals surface area contributed by atoms with Crippen LogP contribution in [0, 0.1) is 0 Å². The Hall–Kier alpha value is -0.133. The standard InChI is InChI=1S/C8H13PSi/c1-10(2,9)8-6-4-3-5-7-8/h3-7H,9H2,1-2H3. The van der Waals surface area contributed by atoms with E-state index in [0.717, 1.165) is 0 Å². The molecule has 0 aliphatic carbocycles. The molecule has 1 aromatic carbocycles. The van der Waals surface area contributed by atoms with E-state index in [2.05, 4.69) is 52.2 Å². The smallest absolute Gasteiger partial charge is 0.100 e. The van der Waals surface area contributed by atoms with Gasteiger partial charge in [0.1, 0.15) is 7.74 Å². The van der Waals surface area contributed by atoms with Crippen molar-refractivity contribution in [3.05, 3.63) is 30.3 Å². The predicted octanol–water partition coefficient (Wildman–Crippen LogP) is 1.97. The maximum atomic E-state index is 2.97. The predicted molar refractivity (Wildman–Crippen MR) is 53.3 cm³/mol. The van der Waals surface area contributed by atoms with Crippen molar-refractivity contribution in [1.29, 1.82) is 0 Å². The highest BCUT2D eigenvalue weighted by Crippen LogP contribution is 2.10. The Morgan fingerprint density at radius 3 is 1.90 bits per heavy atom. The highest BCUT2D eigenvalue weighted by Gasteiger charge is 2.14. The zero-order chi connectivity index (χ0) is 7.61. The van der Waals surface area contributed by atoms with Gasteiger partial charge >= 0.3 is 0 Å². The van der Waals surface area contributed by atoms with E-state index < -0.39 is 7.74 Å². The molecule has 10 heavy (non-hydrogen) atoms. The number of hydrogen-bond donors (Lipinski definition) is 0. The van der Waals surface area contributed by atoms with Gasteiger partial charge in [0.05, 0.1) is 0 Å². The zero-order valence-electron chi connectivity index (χ0n) is 6.46. The van der Waals surface area contributed by atoms with Gasteiger partial charge in [0.25, 0.3) is 0 Å². The Kier molecular flexibility index (Phi) is 2.27. The van der Waals surface area contributed by atoms with Crippen molar-refractivity contribution >= 4 is 21.7 Å². The van der Waals surface area contributed by atoms with Crippen molar-refractivity contribution in [1.82, 2.24) is 0 Å². The van der Waals surface area contributed by atoms with Crippen molar-refractivity contribution < 1.29 is 0 Å². The van der Waals surface area contributed by atoms with E-state index in [1.54, 1.807) is 0 Å². The summed E-state index contributed by atoms with van der Waals surface area (Å²) in [6, 6.07) is 10.7. The lowest BCUT2D eigenvalue weighted by Gasteiger charge is -2.14. The minimum Gasteiger partial charge on any atom is -0.144 e. The molecule has 1 aromatic rings. The van der Waals surface area contributed by atoms with Crippen LogP contribution in [-0.2, 0) is 0 Å². The van der Waals surface area contributed by atoms with Crippen molar-refractivity contribution in [2.24, 2.45) is 0 Å². The fraction of sp³-hybridized carbons (Fsp3) is 0.250. The van der Waals surface area contributed by atoms with Crippen LogP contribution in [0.5, 0.6) is 0 Å². The molecule has 0 aliphatic rings. The van der Waals surface area contributed by atoms with Crippen LogP contribution in [0.1, 0.15) is 0 Å². The first kappa shape index (κ1) is 7.97. The van der Waals surface area contributed by atoms with Crippen LogP contribution in [0.3, 0.4) is 0 Å². The molecule has 0 radical (unpaired) electrons. The average Bonchev–Trinajstić information content (AvgIpc) is 1.88. The fourth-order valence-electron chi connectivity index (χ4n) is 0.868.